The van der Waals surface area contributed by atoms with Gasteiger partial charge in [-0.25, -0.2) is 4.98 Å². The van der Waals surface area contributed by atoms with E-state index >= 15 is 0 Å². The van der Waals surface area contributed by atoms with Crippen molar-refractivity contribution in [1.82, 2.24) is 14.9 Å². The number of benzene rings is 2. The third-order valence-corrected chi connectivity index (χ3v) is 6.55. The molecule has 0 spiro atoms. The number of amides is 1. The van der Waals surface area contributed by atoms with Gasteiger partial charge in [0.1, 0.15) is 5.69 Å². The Morgan fingerprint density at radius 3 is 2.34 bits per heavy atom. The maximum Gasteiger partial charge on any atom is 0.253 e. The van der Waals surface area contributed by atoms with E-state index in [1.165, 1.54) is 12.8 Å². The second-order valence-electron chi connectivity index (χ2n) is 8.23. The Labute approximate surface area is 193 Å². The second-order valence-corrected chi connectivity index (χ2v) is 8.64. The lowest BCUT2D eigenvalue weighted by Gasteiger charge is -2.36. The van der Waals surface area contributed by atoms with Crippen molar-refractivity contribution < 1.29 is 4.79 Å². The molecule has 1 aromatic heterocycles. The summed E-state index contributed by atoms with van der Waals surface area (Å²) in [5.41, 5.74) is 3.49. The van der Waals surface area contributed by atoms with Gasteiger partial charge in [0.2, 0.25) is 0 Å². The van der Waals surface area contributed by atoms with Crippen LogP contribution in [0.1, 0.15) is 23.2 Å². The molecule has 7 heteroatoms. The molecule has 0 unspecified atom stereocenters. The van der Waals surface area contributed by atoms with E-state index in [9.17, 15) is 4.79 Å². The van der Waals surface area contributed by atoms with Crippen LogP contribution < -0.4 is 9.80 Å². The molecule has 2 aliphatic heterocycles. The molecule has 2 fully saturated rings. The normalized spacial score (nSPS) is 16.5. The van der Waals surface area contributed by atoms with Gasteiger partial charge in [-0.2, -0.15) is 0 Å². The summed E-state index contributed by atoms with van der Waals surface area (Å²) in [6.07, 6.45) is 5.81. The van der Waals surface area contributed by atoms with Gasteiger partial charge >= 0.3 is 0 Å². The number of hydrogen-bond acceptors (Lipinski definition) is 5. The summed E-state index contributed by atoms with van der Waals surface area (Å²) in [6.45, 7) is 4.85. The third-order valence-electron chi connectivity index (χ3n) is 6.23. The van der Waals surface area contributed by atoms with Gasteiger partial charge in [-0.1, -0.05) is 35.9 Å². The Kier molecular flexibility index (Phi) is 5.95. The van der Waals surface area contributed by atoms with Gasteiger partial charge in [-0.3, -0.25) is 9.78 Å². The highest BCUT2D eigenvalue weighted by Crippen LogP contribution is 2.30. The molecule has 0 bridgehead atoms. The van der Waals surface area contributed by atoms with E-state index in [-0.39, 0.29) is 5.91 Å². The number of carbonyl (C=O) groups excluding carboxylic acids is 1. The zero-order valence-corrected chi connectivity index (χ0v) is 18.7. The van der Waals surface area contributed by atoms with E-state index in [1.807, 2.05) is 53.4 Å². The molecule has 0 N–H and O–H groups in total. The molecule has 3 aromatic rings. The minimum absolute atomic E-state index is 0.0530. The first-order valence-electron chi connectivity index (χ1n) is 11.2. The van der Waals surface area contributed by atoms with Gasteiger partial charge in [-0.15, -0.1) is 0 Å². The van der Waals surface area contributed by atoms with Crippen LogP contribution in [0.4, 0.5) is 11.5 Å². The van der Waals surface area contributed by atoms with E-state index in [0.717, 1.165) is 54.0 Å². The zero-order valence-electron chi connectivity index (χ0n) is 18.0. The monoisotopic (exact) mass is 447 g/mol. The Morgan fingerprint density at radius 2 is 1.56 bits per heavy atom. The molecule has 5 rings (SSSR count). The minimum atomic E-state index is 0.0530. The summed E-state index contributed by atoms with van der Waals surface area (Å²) in [5, 5.41) is 0.748. The number of nitrogens with zero attached hydrogens (tertiary/aromatic N) is 5. The van der Waals surface area contributed by atoms with E-state index < -0.39 is 0 Å². The van der Waals surface area contributed by atoms with E-state index in [2.05, 4.69) is 19.8 Å². The standard InChI is InChI=1S/C25H26ClN5O/c26-21-8-1-2-9-22(21)29-14-16-31(17-15-29)25(32)20-7-5-6-19(18-20)23-24(28-11-10-27-23)30-12-3-4-13-30/h1-2,5-11,18H,3-4,12-17H2. The molecule has 1 amide bonds. The van der Waals surface area contributed by atoms with Crippen molar-refractivity contribution in [2.75, 3.05) is 49.1 Å². The van der Waals surface area contributed by atoms with Crippen molar-refractivity contribution in [3.8, 4) is 11.3 Å². The maximum absolute atomic E-state index is 13.3. The topological polar surface area (TPSA) is 52.6 Å². The van der Waals surface area contributed by atoms with Crippen molar-refractivity contribution in [2.45, 2.75) is 12.8 Å². The number of aromatic nitrogens is 2. The minimum Gasteiger partial charge on any atom is -0.367 e. The van der Waals surface area contributed by atoms with Crippen molar-refractivity contribution in [1.29, 1.82) is 0 Å². The van der Waals surface area contributed by atoms with Gasteiger partial charge in [0.05, 0.1) is 10.7 Å². The molecule has 2 aliphatic rings. The summed E-state index contributed by atoms with van der Waals surface area (Å²) < 4.78 is 0. The number of halogens is 1. The third kappa shape index (κ3) is 4.15. The molecule has 2 saturated heterocycles. The van der Waals surface area contributed by atoms with E-state index in [4.69, 9.17) is 11.6 Å². The van der Waals surface area contributed by atoms with E-state index in [1.54, 1.807) is 12.4 Å². The number of rotatable bonds is 4. The number of piperazine rings is 1. The van der Waals surface area contributed by atoms with Crippen molar-refractivity contribution in [3.63, 3.8) is 0 Å². The highest BCUT2D eigenvalue weighted by atomic mass is 35.5. The average Bonchev–Trinajstić information content (AvgIpc) is 3.39. The van der Waals surface area contributed by atoms with E-state index in [0.29, 0.717) is 18.7 Å². The van der Waals surface area contributed by atoms with Gasteiger partial charge < -0.3 is 14.7 Å². The first kappa shape index (κ1) is 20.8. The predicted octanol–water partition coefficient (Wildman–Crippen LogP) is 4.36. The fraction of sp³-hybridized carbons (Fsp3) is 0.320. The Bertz CT molecular complexity index is 1110. The molecule has 6 nitrogen and oxygen atoms in total. The highest BCUT2D eigenvalue weighted by molar-refractivity contribution is 6.33. The smallest absolute Gasteiger partial charge is 0.253 e. The Balaban J connectivity index is 1.32. The number of carbonyl (C=O) groups is 1. The molecule has 0 radical (unpaired) electrons. The Morgan fingerprint density at radius 1 is 0.812 bits per heavy atom. The number of para-hydroxylation sites is 1. The summed E-state index contributed by atoms with van der Waals surface area (Å²) >= 11 is 6.35. The largest absolute Gasteiger partial charge is 0.367 e. The predicted molar refractivity (Wildman–Crippen MR) is 128 cm³/mol. The van der Waals surface area contributed by atoms with Crippen LogP contribution in [0.2, 0.25) is 5.02 Å². The lowest BCUT2D eigenvalue weighted by Crippen LogP contribution is -2.48. The Hall–Kier alpha value is -3.12. The molecule has 0 saturated carbocycles. The first-order chi connectivity index (χ1) is 15.7. The molecule has 0 atom stereocenters. The molecule has 164 valence electrons. The van der Waals surface area contributed by atoms with Crippen LogP contribution in [0, 0.1) is 0 Å². The van der Waals surface area contributed by atoms with Crippen LogP contribution in [-0.2, 0) is 0 Å². The van der Waals surface area contributed by atoms with Crippen LogP contribution in [0.25, 0.3) is 11.3 Å². The van der Waals surface area contributed by atoms with Crippen LogP contribution >= 0.6 is 11.6 Å². The second kappa shape index (κ2) is 9.17. The zero-order chi connectivity index (χ0) is 21.9. The lowest BCUT2D eigenvalue weighted by molar-refractivity contribution is 0.0747. The first-order valence-corrected chi connectivity index (χ1v) is 11.5. The fourth-order valence-electron chi connectivity index (χ4n) is 4.54. The maximum atomic E-state index is 13.3. The summed E-state index contributed by atoms with van der Waals surface area (Å²) in [4.78, 5) is 28.9. The quantitative estimate of drug-likeness (QED) is 0.594. The molecular weight excluding hydrogens is 422 g/mol. The summed E-state index contributed by atoms with van der Waals surface area (Å²) in [5.74, 6) is 0.959. The van der Waals surface area contributed by atoms with Gasteiger partial charge in [0.15, 0.2) is 5.82 Å². The van der Waals surface area contributed by atoms with Gasteiger partial charge in [0, 0.05) is 62.8 Å². The average molecular weight is 448 g/mol. The van der Waals surface area contributed by atoms with Crippen LogP contribution in [0.3, 0.4) is 0 Å². The lowest BCUT2D eigenvalue weighted by atomic mass is 10.1. The highest BCUT2D eigenvalue weighted by Gasteiger charge is 2.24. The SMILES string of the molecule is O=C(c1cccc(-c2nccnc2N2CCCC2)c1)N1CCN(c2ccccc2Cl)CC1. The van der Waals surface area contributed by atoms with Crippen LogP contribution in [0.5, 0.6) is 0 Å². The summed E-state index contributed by atoms with van der Waals surface area (Å²) in [6, 6.07) is 15.6. The van der Waals surface area contributed by atoms with Crippen molar-refractivity contribution in [3.05, 3.63) is 71.5 Å². The van der Waals surface area contributed by atoms with Gasteiger partial charge in [0.25, 0.3) is 5.91 Å². The summed E-state index contributed by atoms with van der Waals surface area (Å²) in [7, 11) is 0. The molecule has 0 aliphatic carbocycles. The van der Waals surface area contributed by atoms with Crippen LogP contribution in [-0.4, -0.2) is 60.0 Å². The van der Waals surface area contributed by atoms with Crippen LogP contribution in [0.15, 0.2) is 60.9 Å². The van der Waals surface area contributed by atoms with Crippen molar-refractivity contribution >= 4 is 29.0 Å². The molecule has 3 heterocycles. The fourth-order valence-corrected chi connectivity index (χ4v) is 4.79. The molecule has 2 aromatic carbocycles. The molecular formula is C25H26ClN5O. The number of hydrogen-bond donors (Lipinski definition) is 0. The van der Waals surface area contributed by atoms with Gasteiger partial charge in [-0.05, 0) is 37.1 Å². The van der Waals surface area contributed by atoms with Crippen molar-refractivity contribution in [2.24, 2.45) is 0 Å². The number of anilines is 2. The molecule has 32 heavy (non-hydrogen) atoms.